The minimum atomic E-state index is -4.05. The maximum absolute atomic E-state index is 13.5. The molecule has 0 aliphatic carbocycles. The molecule has 1 aromatic carbocycles. The van der Waals surface area contributed by atoms with Crippen LogP contribution >= 0.6 is 0 Å². The van der Waals surface area contributed by atoms with Crippen LogP contribution in [-0.4, -0.2) is 50.7 Å². The number of nitrogens with one attached hydrogen (secondary N) is 1. The van der Waals surface area contributed by atoms with Gasteiger partial charge >= 0.3 is 0 Å². The summed E-state index contributed by atoms with van der Waals surface area (Å²) < 4.78 is 52.7. The number of benzene rings is 1. The topological polar surface area (TPSA) is 69.6 Å². The molecule has 0 saturated carbocycles. The SMILES string of the molecule is O=S(=O)(NCCCN1CCC(O)CC1)c1cc(F)ccc1F. The first-order valence-corrected chi connectivity index (χ1v) is 8.72. The zero-order valence-corrected chi connectivity index (χ0v) is 13.0. The van der Waals surface area contributed by atoms with Gasteiger partial charge in [0.25, 0.3) is 0 Å². The first kappa shape index (κ1) is 17.3. The number of sulfonamides is 1. The molecule has 1 aliphatic rings. The minimum absolute atomic E-state index is 0.150. The molecule has 0 spiro atoms. The maximum atomic E-state index is 13.5. The second kappa shape index (κ2) is 7.45. The lowest BCUT2D eigenvalue weighted by molar-refractivity contribution is 0.0823. The summed E-state index contributed by atoms with van der Waals surface area (Å²) in [5.74, 6) is -1.77. The quantitative estimate of drug-likeness (QED) is 0.764. The van der Waals surface area contributed by atoms with E-state index in [0.29, 0.717) is 19.0 Å². The Hall–Kier alpha value is -1.09. The molecule has 0 bridgehead atoms. The molecule has 0 aromatic heterocycles. The second-order valence-corrected chi connectivity index (χ2v) is 7.13. The number of piperidine rings is 1. The lowest BCUT2D eigenvalue weighted by Gasteiger charge is -2.29. The van der Waals surface area contributed by atoms with E-state index in [0.717, 1.165) is 38.1 Å². The molecule has 124 valence electrons. The van der Waals surface area contributed by atoms with Gasteiger partial charge in [-0.25, -0.2) is 21.9 Å². The van der Waals surface area contributed by atoms with Gasteiger partial charge in [0.1, 0.15) is 16.5 Å². The zero-order valence-electron chi connectivity index (χ0n) is 12.1. The summed E-state index contributed by atoms with van der Waals surface area (Å²) >= 11 is 0. The minimum Gasteiger partial charge on any atom is -0.393 e. The Morgan fingerprint density at radius 3 is 2.64 bits per heavy atom. The number of likely N-dealkylation sites (tertiary alicyclic amines) is 1. The predicted octanol–water partition coefficient (Wildman–Crippen LogP) is 1.09. The van der Waals surface area contributed by atoms with Crippen molar-refractivity contribution in [3.8, 4) is 0 Å². The molecule has 22 heavy (non-hydrogen) atoms. The standard InChI is InChI=1S/C14H20F2N2O3S/c15-11-2-3-13(16)14(10-11)22(20,21)17-6-1-7-18-8-4-12(19)5-9-18/h2-3,10,12,17,19H,1,4-9H2. The van der Waals surface area contributed by atoms with Crippen LogP contribution in [0.15, 0.2) is 23.1 Å². The van der Waals surface area contributed by atoms with Crippen molar-refractivity contribution in [1.29, 1.82) is 0 Å². The highest BCUT2D eigenvalue weighted by Crippen LogP contribution is 2.15. The van der Waals surface area contributed by atoms with Gasteiger partial charge in [-0.2, -0.15) is 0 Å². The summed E-state index contributed by atoms with van der Waals surface area (Å²) in [6.45, 7) is 2.41. The van der Waals surface area contributed by atoms with Crippen LogP contribution in [0.4, 0.5) is 8.78 Å². The monoisotopic (exact) mass is 334 g/mol. The fraction of sp³-hybridized carbons (Fsp3) is 0.571. The number of nitrogens with zero attached hydrogens (tertiary/aromatic N) is 1. The zero-order chi connectivity index (χ0) is 16.2. The van der Waals surface area contributed by atoms with Crippen LogP contribution < -0.4 is 4.72 Å². The summed E-state index contributed by atoms with van der Waals surface area (Å²) in [4.78, 5) is 1.47. The van der Waals surface area contributed by atoms with E-state index >= 15 is 0 Å². The molecule has 0 atom stereocenters. The van der Waals surface area contributed by atoms with Gasteiger partial charge in [-0.15, -0.1) is 0 Å². The average Bonchev–Trinajstić information content (AvgIpc) is 2.48. The molecule has 0 unspecified atom stereocenters. The average molecular weight is 334 g/mol. The number of rotatable bonds is 6. The normalized spacial score (nSPS) is 17.8. The molecule has 0 radical (unpaired) electrons. The van der Waals surface area contributed by atoms with Gasteiger partial charge in [0.05, 0.1) is 6.10 Å². The third-order valence-electron chi connectivity index (χ3n) is 3.68. The summed E-state index contributed by atoms with van der Waals surface area (Å²) in [5, 5.41) is 9.40. The molecule has 1 fully saturated rings. The Morgan fingerprint density at radius 1 is 1.27 bits per heavy atom. The summed E-state index contributed by atoms with van der Waals surface area (Å²) in [5.41, 5.74) is 0. The van der Waals surface area contributed by atoms with Crippen LogP contribution in [0, 0.1) is 11.6 Å². The Bertz CT molecular complexity index is 602. The highest BCUT2D eigenvalue weighted by molar-refractivity contribution is 7.89. The third kappa shape index (κ3) is 4.70. The van der Waals surface area contributed by atoms with Gasteiger partial charge in [0.2, 0.25) is 10.0 Å². The third-order valence-corrected chi connectivity index (χ3v) is 5.16. The van der Waals surface area contributed by atoms with Gasteiger partial charge in [-0.05, 0) is 44.0 Å². The Kier molecular flexibility index (Phi) is 5.85. The lowest BCUT2D eigenvalue weighted by atomic mass is 10.1. The number of aliphatic hydroxyl groups is 1. The van der Waals surface area contributed by atoms with Crippen LogP contribution in [-0.2, 0) is 10.0 Å². The van der Waals surface area contributed by atoms with E-state index in [4.69, 9.17) is 0 Å². The molecule has 2 N–H and O–H groups in total. The molecule has 1 heterocycles. The number of aliphatic hydroxyl groups excluding tert-OH is 1. The molecule has 8 heteroatoms. The van der Waals surface area contributed by atoms with Crippen molar-refractivity contribution >= 4 is 10.0 Å². The van der Waals surface area contributed by atoms with E-state index in [9.17, 15) is 22.3 Å². The van der Waals surface area contributed by atoms with Crippen LogP contribution in [0.5, 0.6) is 0 Å². The van der Waals surface area contributed by atoms with E-state index in [1.807, 2.05) is 0 Å². The fourth-order valence-electron chi connectivity index (χ4n) is 2.41. The van der Waals surface area contributed by atoms with Crippen molar-refractivity contribution in [3.63, 3.8) is 0 Å². The molecule has 0 amide bonds. The van der Waals surface area contributed by atoms with Gasteiger partial charge < -0.3 is 10.0 Å². The van der Waals surface area contributed by atoms with Gasteiger partial charge in [-0.3, -0.25) is 0 Å². The maximum Gasteiger partial charge on any atom is 0.243 e. The molecular formula is C14H20F2N2O3S. The number of halogens is 2. The molecule has 1 saturated heterocycles. The Labute approximate surface area is 129 Å². The molecule has 1 aliphatic heterocycles. The summed E-state index contributed by atoms with van der Waals surface area (Å²) in [7, 11) is -4.05. The Balaban J connectivity index is 1.82. The fourth-order valence-corrected chi connectivity index (χ4v) is 3.57. The van der Waals surface area contributed by atoms with Crippen LogP contribution in [0.1, 0.15) is 19.3 Å². The van der Waals surface area contributed by atoms with Crippen molar-refractivity contribution in [2.75, 3.05) is 26.2 Å². The van der Waals surface area contributed by atoms with Gasteiger partial charge in [0.15, 0.2) is 0 Å². The van der Waals surface area contributed by atoms with Gasteiger partial charge in [-0.1, -0.05) is 0 Å². The number of hydrogen-bond acceptors (Lipinski definition) is 4. The first-order valence-electron chi connectivity index (χ1n) is 7.23. The van der Waals surface area contributed by atoms with Crippen molar-refractivity contribution < 1.29 is 22.3 Å². The Morgan fingerprint density at radius 2 is 1.95 bits per heavy atom. The van der Waals surface area contributed by atoms with E-state index in [-0.39, 0.29) is 12.6 Å². The van der Waals surface area contributed by atoms with Crippen molar-refractivity contribution in [2.24, 2.45) is 0 Å². The van der Waals surface area contributed by atoms with Crippen LogP contribution in [0.2, 0.25) is 0 Å². The smallest absolute Gasteiger partial charge is 0.243 e. The predicted molar refractivity (Wildman–Crippen MR) is 77.8 cm³/mol. The van der Waals surface area contributed by atoms with E-state index in [1.54, 1.807) is 0 Å². The summed E-state index contributed by atoms with van der Waals surface area (Å²) in [6.07, 6.45) is 1.76. The highest BCUT2D eigenvalue weighted by atomic mass is 32.2. The van der Waals surface area contributed by atoms with E-state index in [1.165, 1.54) is 0 Å². The van der Waals surface area contributed by atoms with Crippen molar-refractivity contribution in [3.05, 3.63) is 29.8 Å². The lowest BCUT2D eigenvalue weighted by Crippen LogP contribution is -2.37. The second-order valence-electron chi connectivity index (χ2n) is 5.40. The van der Waals surface area contributed by atoms with Crippen molar-refractivity contribution in [2.45, 2.75) is 30.3 Å². The van der Waals surface area contributed by atoms with Gasteiger partial charge in [0, 0.05) is 19.6 Å². The highest BCUT2D eigenvalue weighted by Gasteiger charge is 2.20. The van der Waals surface area contributed by atoms with E-state index < -0.39 is 26.6 Å². The molecule has 5 nitrogen and oxygen atoms in total. The van der Waals surface area contributed by atoms with E-state index in [2.05, 4.69) is 9.62 Å². The number of hydrogen-bond donors (Lipinski definition) is 2. The van der Waals surface area contributed by atoms with Crippen LogP contribution in [0.25, 0.3) is 0 Å². The van der Waals surface area contributed by atoms with Crippen LogP contribution in [0.3, 0.4) is 0 Å². The largest absolute Gasteiger partial charge is 0.393 e. The summed E-state index contributed by atoms with van der Waals surface area (Å²) in [6, 6.07) is 2.34. The molecule has 1 aromatic rings. The molecular weight excluding hydrogens is 314 g/mol. The van der Waals surface area contributed by atoms with Crippen molar-refractivity contribution in [1.82, 2.24) is 9.62 Å². The first-order chi connectivity index (χ1) is 10.4. The molecule has 2 rings (SSSR count).